The summed E-state index contributed by atoms with van der Waals surface area (Å²) in [5.41, 5.74) is 0.911. The molecule has 0 aliphatic carbocycles. The molecular weight excluding hydrogens is 290 g/mol. The van der Waals surface area contributed by atoms with Crippen LogP contribution in [0.15, 0.2) is 24.3 Å². The largest absolute Gasteiger partial charge is 0.373 e. The molecule has 1 aliphatic rings. The van der Waals surface area contributed by atoms with E-state index in [1.54, 1.807) is 4.68 Å². The van der Waals surface area contributed by atoms with Crippen molar-refractivity contribution in [2.24, 2.45) is 0 Å². The first-order chi connectivity index (χ1) is 10.1. The smallest absolute Gasteiger partial charge is 0.170 e. The fourth-order valence-electron chi connectivity index (χ4n) is 2.70. The molecule has 2 heterocycles. The standard InChI is InChI=1S/C14H18ClN5O/c1-10-7-19(8-11(2)21-10)9-14-16-17-18-20(14)13-5-3-12(15)4-6-13/h3-6,10-11H,7-9H2,1-2H3. The Kier molecular flexibility index (Phi) is 4.19. The Bertz CT molecular complexity index is 590. The lowest BCUT2D eigenvalue weighted by atomic mass is 10.2. The van der Waals surface area contributed by atoms with Gasteiger partial charge in [-0.1, -0.05) is 11.6 Å². The number of benzene rings is 1. The lowest BCUT2D eigenvalue weighted by Gasteiger charge is -2.34. The highest BCUT2D eigenvalue weighted by atomic mass is 35.5. The van der Waals surface area contributed by atoms with Crippen molar-refractivity contribution in [3.05, 3.63) is 35.1 Å². The molecule has 0 saturated carbocycles. The number of ether oxygens (including phenoxy) is 1. The summed E-state index contributed by atoms with van der Waals surface area (Å²) >= 11 is 5.92. The Labute approximate surface area is 128 Å². The second-order valence-electron chi connectivity index (χ2n) is 5.43. The fourth-order valence-corrected chi connectivity index (χ4v) is 2.83. The third-order valence-corrected chi connectivity index (χ3v) is 3.72. The van der Waals surface area contributed by atoms with Crippen LogP contribution in [0.1, 0.15) is 19.7 Å². The molecule has 3 rings (SSSR count). The van der Waals surface area contributed by atoms with Crippen LogP contribution < -0.4 is 0 Å². The predicted molar refractivity (Wildman–Crippen MR) is 79.5 cm³/mol. The van der Waals surface area contributed by atoms with Gasteiger partial charge in [-0.3, -0.25) is 4.90 Å². The topological polar surface area (TPSA) is 56.1 Å². The maximum atomic E-state index is 5.92. The highest BCUT2D eigenvalue weighted by Crippen LogP contribution is 2.16. The Morgan fingerprint density at radius 1 is 1.19 bits per heavy atom. The van der Waals surface area contributed by atoms with Gasteiger partial charge in [0.1, 0.15) is 0 Å². The van der Waals surface area contributed by atoms with Crippen LogP contribution in [0.4, 0.5) is 0 Å². The predicted octanol–water partition coefficient (Wildman–Crippen LogP) is 1.92. The van der Waals surface area contributed by atoms with Crippen LogP contribution in [0.25, 0.3) is 5.69 Å². The van der Waals surface area contributed by atoms with Gasteiger partial charge in [-0.2, -0.15) is 4.68 Å². The average Bonchev–Trinajstić information content (AvgIpc) is 2.86. The van der Waals surface area contributed by atoms with Crippen molar-refractivity contribution in [3.63, 3.8) is 0 Å². The van der Waals surface area contributed by atoms with E-state index in [4.69, 9.17) is 16.3 Å². The van der Waals surface area contributed by atoms with Gasteiger partial charge in [0.2, 0.25) is 0 Å². The SMILES string of the molecule is CC1CN(Cc2nnnn2-c2ccc(Cl)cc2)CC(C)O1. The van der Waals surface area contributed by atoms with Crippen molar-refractivity contribution in [2.75, 3.05) is 13.1 Å². The van der Waals surface area contributed by atoms with Crippen molar-refractivity contribution in [1.29, 1.82) is 0 Å². The van der Waals surface area contributed by atoms with Crippen molar-refractivity contribution in [1.82, 2.24) is 25.1 Å². The highest BCUT2D eigenvalue weighted by Gasteiger charge is 2.24. The van der Waals surface area contributed by atoms with Crippen LogP contribution in [0, 0.1) is 0 Å². The monoisotopic (exact) mass is 307 g/mol. The fraction of sp³-hybridized carbons (Fsp3) is 0.500. The summed E-state index contributed by atoms with van der Waals surface area (Å²) in [7, 11) is 0. The molecular formula is C14H18ClN5O. The Hall–Kier alpha value is -1.50. The van der Waals surface area contributed by atoms with Gasteiger partial charge in [0.15, 0.2) is 5.82 Å². The minimum Gasteiger partial charge on any atom is -0.373 e. The summed E-state index contributed by atoms with van der Waals surface area (Å²) in [4.78, 5) is 2.32. The third kappa shape index (κ3) is 3.40. The second-order valence-corrected chi connectivity index (χ2v) is 5.87. The lowest BCUT2D eigenvalue weighted by molar-refractivity contribution is -0.0712. The van der Waals surface area contributed by atoms with Crippen LogP contribution in [0.3, 0.4) is 0 Å². The zero-order chi connectivity index (χ0) is 14.8. The Morgan fingerprint density at radius 2 is 1.86 bits per heavy atom. The lowest BCUT2D eigenvalue weighted by Crippen LogP contribution is -2.45. The first-order valence-electron chi connectivity index (χ1n) is 7.03. The molecule has 0 N–H and O–H groups in total. The zero-order valence-corrected chi connectivity index (χ0v) is 12.9. The molecule has 6 nitrogen and oxygen atoms in total. The van der Waals surface area contributed by atoms with Gasteiger partial charge in [-0.05, 0) is 48.5 Å². The number of rotatable bonds is 3. The van der Waals surface area contributed by atoms with E-state index in [1.807, 2.05) is 24.3 Å². The number of nitrogens with zero attached hydrogens (tertiary/aromatic N) is 5. The van der Waals surface area contributed by atoms with E-state index in [1.165, 1.54) is 0 Å². The van der Waals surface area contributed by atoms with Crippen LogP contribution >= 0.6 is 11.6 Å². The second kappa shape index (κ2) is 6.09. The van der Waals surface area contributed by atoms with Gasteiger partial charge in [0.05, 0.1) is 24.4 Å². The van der Waals surface area contributed by atoms with Crippen molar-refractivity contribution in [2.45, 2.75) is 32.6 Å². The van der Waals surface area contributed by atoms with E-state index in [9.17, 15) is 0 Å². The quantitative estimate of drug-likeness (QED) is 0.867. The van der Waals surface area contributed by atoms with Crippen molar-refractivity contribution < 1.29 is 4.74 Å². The van der Waals surface area contributed by atoms with E-state index < -0.39 is 0 Å². The maximum absolute atomic E-state index is 5.92. The molecule has 1 aromatic heterocycles. The van der Waals surface area contributed by atoms with Crippen LogP contribution in [0.5, 0.6) is 0 Å². The molecule has 0 spiro atoms. The molecule has 1 saturated heterocycles. The molecule has 0 radical (unpaired) electrons. The van der Waals surface area contributed by atoms with E-state index in [0.29, 0.717) is 11.6 Å². The number of halogens is 1. The molecule has 1 aromatic carbocycles. The molecule has 1 aliphatic heterocycles. The molecule has 0 amide bonds. The molecule has 7 heteroatoms. The molecule has 2 atom stereocenters. The van der Waals surface area contributed by atoms with Crippen molar-refractivity contribution >= 4 is 11.6 Å². The summed E-state index contributed by atoms with van der Waals surface area (Å²) in [6, 6.07) is 7.49. The third-order valence-electron chi connectivity index (χ3n) is 3.47. The van der Waals surface area contributed by atoms with Gasteiger partial charge in [-0.15, -0.1) is 5.10 Å². The van der Waals surface area contributed by atoms with E-state index in [-0.39, 0.29) is 12.2 Å². The Balaban J connectivity index is 1.78. The molecule has 21 heavy (non-hydrogen) atoms. The average molecular weight is 308 g/mol. The van der Waals surface area contributed by atoms with Gasteiger partial charge < -0.3 is 4.74 Å². The molecule has 2 aromatic rings. The van der Waals surface area contributed by atoms with Crippen LogP contribution in [-0.2, 0) is 11.3 Å². The first kappa shape index (κ1) is 14.4. The summed E-state index contributed by atoms with van der Waals surface area (Å²) in [5, 5.41) is 12.7. The normalized spacial score (nSPS) is 23.4. The van der Waals surface area contributed by atoms with Gasteiger partial charge in [0.25, 0.3) is 0 Å². The number of morpholine rings is 1. The summed E-state index contributed by atoms with van der Waals surface area (Å²) in [6.45, 7) is 6.65. The molecule has 1 fully saturated rings. The van der Waals surface area contributed by atoms with Gasteiger partial charge >= 0.3 is 0 Å². The van der Waals surface area contributed by atoms with E-state index in [2.05, 4.69) is 34.3 Å². The number of hydrogen-bond donors (Lipinski definition) is 0. The van der Waals surface area contributed by atoms with E-state index >= 15 is 0 Å². The number of hydrogen-bond acceptors (Lipinski definition) is 5. The van der Waals surface area contributed by atoms with Crippen molar-refractivity contribution in [3.8, 4) is 5.69 Å². The number of aromatic nitrogens is 4. The zero-order valence-electron chi connectivity index (χ0n) is 12.1. The first-order valence-corrected chi connectivity index (χ1v) is 7.40. The molecule has 0 bridgehead atoms. The van der Waals surface area contributed by atoms with Gasteiger partial charge in [0, 0.05) is 18.1 Å². The van der Waals surface area contributed by atoms with E-state index in [0.717, 1.165) is 24.6 Å². The van der Waals surface area contributed by atoms with Gasteiger partial charge in [-0.25, -0.2) is 0 Å². The number of tetrazole rings is 1. The summed E-state index contributed by atoms with van der Waals surface area (Å²) < 4.78 is 7.50. The highest BCUT2D eigenvalue weighted by molar-refractivity contribution is 6.30. The Morgan fingerprint density at radius 3 is 2.52 bits per heavy atom. The minimum absolute atomic E-state index is 0.230. The molecule has 2 unspecified atom stereocenters. The molecule has 112 valence electrons. The van der Waals surface area contributed by atoms with Crippen LogP contribution in [-0.4, -0.2) is 50.4 Å². The minimum atomic E-state index is 0.230. The summed E-state index contributed by atoms with van der Waals surface area (Å²) in [6.07, 6.45) is 0.460. The maximum Gasteiger partial charge on any atom is 0.170 e. The summed E-state index contributed by atoms with van der Waals surface area (Å²) in [5.74, 6) is 0.818. The van der Waals surface area contributed by atoms with Crippen LogP contribution in [0.2, 0.25) is 5.02 Å².